The van der Waals surface area contributed by atoms with Crippen molar-refractivity contribution in [2.75, 3.05) is 0 Å². The molecule has 2 heterocycles. The number of benzene rings is 14. The Kier molecular flexibility index (Phi) is 9.37. The van der Waals surface area contributed by atoms with Crippen molar-refractivity contribution in [3.8, 4) is 66.8 Å². The van der Waals surface area contributed by atoms with Crippen molar-refractivity contribution in [1.29, 1.82) is 0 Å². The van der Waals surface area contributed by atoms with Crippen LogP contribution in [0.2, 0.25) is 0 Å². The maximum absolute atomic E-state index is 6.54. The number of rotatable bonds is 6. The fourth-order valence-corrected chi connectivity index (χ4v) is 12.8. The molecular weight excluding hydrogens is 921 g/mol. The number of para-hydroxylation sites is 3. The molecule has 0 N–H and O–H groups in total. The van der Waals surface area contributed by atoms with Gasteiger partial charge in [-0.1, -0.05) is 237 Å². The molecule has 16 rings (SSSR count). The highest BCUT2D eigenvalue weighted by atomic mass is 16.3. The molecule has 0 aliphatic carbocycles. The van der Waals surface area contributed by atoms with Gasteiger partial charge in [-0.05, 0) is 145 Å². The molecule has 0 saturated heterocycles. The Morgan fingerprint density at radius 3 is 1.14 bits per heavy atom. The van der Waals surface area contributed by atoms with Crippen LogP contribution in [0.5, 0.6) is 0 Å². The zero-order valence-electron chi connectivity index (χ0n) is 41.2. The third kappa shape index (κ3) is 6.41. The first-order valence-corrected chi connectivity index (χ1v) is 26.1. The molecule has 2 aromatic heterocycles. The van der Waals surface area contributed by atoms with Crippen LogP contribution in [0.25, 0.3) is 165 Å². The second kappa shape index (κ2) is 16.8. The molecule has 0 spiro atoms. The second-order valence-corrected chi connectivity index (χ2v) is 20.1. The summed E-state index contributed by atoms with van der Waals surface area (Å²) in [6.07, 6.45) is 0. The summed E-state index contributed by atoms with van der Waals surface area (Å²) in [5, 5.41) is 16.8. The molecule has 352 valence electrons. The smallest absolute Gasteiger partial charge is 0.143 e. The molecule has 14 aromatic carbocycles. The van der Waals surface area contributed by atoms with E-state index in [2.05, 4.69) is 249 Å². The van der Waals surface area contributed by atoms with E-state index in [1.807, 2.05) is 18.2 Å². The van der Waals surface area contributed by atoms with Crippen molar-refractivity contribution in [3.05, 3.63) is 267 Å². The van der Waals surface area contributed by atoms with E-state index in [9.17, 15) is 0 Å². The van der Waals surface area contributed by atoms with Gasteiger partial charge in [0.1, 0.15) is 22.3 Å². The Morgan fingerprint density at radius 1 is 0.171 bits per heavy atom. The average Bonchev–Trinajstić information content (AvgIpc) is 4.10. The molecule has 2 heteroatoms. The minimum atomic E-state index is 0.904. The van der Waals surface area contributed by atoms with Crippen molar-refractivity contribution in [2.24, 2.45) is 0 Å². The third-order valence-corrected chi connectivity index (χ3v) is 16.1. The van der Waals surface area contributed by atoms with Crippen LogP contribution in [0.3, 0.4) is 0 Å². The molecule has 16 aromatic rings. The number of hydrogen-bond donors (Lipinski definition) is 0. The van der Waals surface area contributed by atoms with Crippen LogP contribution in [-0.2, 0) is 0 Å². The van der Waals surface area contributed by atoms with E-state index in [0.717, 1.165) is 55.0 Å². The minimum Gasteiger partial charge on any atom is -0.456 e. The Balaban J connectivity index is 0.819. The van der Waals surface area contributed by atoms with Crippen LogP contribution in [0.4, 0.5) is 0 Å². The maximum atomic E-state index is 6.54. The van der Waals surface area contributed by atoms with Gasteiger partial charge in [-0.3, -0.25) is 0 Å². The normalized spacial score (nSPS) is 11.9. The summed E-state index contributed by atoms with van der Waals surface area (Å²) in [7, 11) is 0. The first-order valence-electron chi connectivity index (χ1n) is 26.1. The lowest BCUT2D eigenvalue weighted by Crippen LogP contribution is -1.93. The molecule has 0 atom stereocenters. The van der Waals surface area contributed by atoms with Crippen LogP contribution < -0.4 is 0 Å². The summed E-state index contributed by atoms with van der Waals surface area (Å²) in [6.45, 7) is 0. The summed E-state index contributed by atoms with van der Waals surface area (Å²) in [5.74, 6) is 0. The summed E-state index contributed by atoms with van der Waals surface area (Å²) in [5.41, 5.74) is 18.0. The van der Waals surface area contributed by atoms with Gasteiger partial charge in [-0.25, -0.2) is 0 Å². The van der Waals surface area contributed by atoms with Gasteiger partial charge in [-0.2, -0.15) is 0 Å². The van der Waals surface area contributed by atoms with Crippen molar-refractivity contribution in [1.82, 2.24) is 0 Å². The predicted molar refractivity (Wildman–Crippen MR) is 321 cm³/mol. The van der Waals surface area contributed by atoms with Gasteiger partial charge in [0, 0.05) is 27.1 Å². The van der Waals surface area contributed by atoms with Gasteiger partial charge in [-0.15, -0.1) is 0 Å². The van der Waals surface area contributed by atoms with E-state index in [4.69, 9.17) is 8.83 Å². The fraction of sp³-hybridized carbons (Fsp3) is 0. The topological polar surface area (TPSA) is 26.3 Å². The lowest BCUT2D eigenvalue weighted by molar-refractivity contribution is 0.669. The van der Waals surface area contributed by atoms with Crippen LogP contribution in [0, 0.1) is 0 Å². The lowest BCUT2D eigenvalue weighted by Gasteiger charge is -2.20. The minimum absolute atomic E-state index is 0.904. The molecule has 2 nitrogen and oxygen atoms in total. The molecule has 0 bridgehead atoms. The number of hydrogen-bond acceptors (Lipinski definition) is 2. The highest BCUT2D eigenvalue weighted by molar-refractivity contribution is 6.25. The standard InChI is InChI=1S/C74H44O2/c1-2-20-53-52(19-1)50(45-35-37-46(38-36-45)70-56-23-3-5-25-58(56)72(59-26-6-4-24-57(59)70)49-39-42-69-66(44-49)55-22-12-13-33-67(55)75-69)40-41-64(53)73-62-29-9-7-27-60(62)71(61-28-8-10-30-63(61)73)48-18-15-17-47(43-48)51-31-16-32-65-54-21-11-14-34-68(54)76-74(51)65/h1-44H. The predicted octanol–water partition coefficient (Wildman–Crippen LogP) is 21.3. The lowest BCUT2D eigenvalue weighted by atomic mass is 9.83. The van der Waals surface area contributed by atoms with Gasteiger partial charge in [0.05, 0.1) is 0 Å². The van der Waals surface area contributed by atoms with E-state index < -0.39 is 0 Å². The first kappa shape index (κ1) is 42.5. The van der Waals surface area contributed by atoms with E-state index in [1.54, 1.807) is 0 Å². The van der Waals surface area contributed by atoms with Gasteiger partial charge in [0.2, 0.25) is 0 Å². The maximum Gasteiger partial charge on any atom is 0.143 e. The third-order valence-electron chi connectivity index (χ3n) is 16.1. The Hall–Kier alpha value is -10.0. The molecule has 76 heavy (non-hydrogen) atoms. The molecule has 0 amide bonds. The van der Waals surface area contributed by atoms with Gasteiger partial charge >= 0.3 is 0 Å². The van der Waals surface area contributed by atoms with Crippen molar-refractivity contribution >= 4 is 97.7 Å². The average molecular weight is 965 g/mol. The largest absolute Gasteiger partial charge is 0.456 e. The molecule has 0 saturated carbocycles. The highest BCUT2D eigenvalue weighted by Crippen LogP contribution is 2.49. The quantitative estimate of drug-likeness (QED) is 0.155. The molecule has 0 aliphatic heterocycles. The van der Waals surface area contributed by atoms with E-state index in [1.165, 1.54) is 109 Å². The Bertz CT molecular complexity index is 4930. The monoisotopic (exact) mass is 964 g/mol. The summed E-state index contributed by atoms with van der Waals surface area (Å²) in [4.78, 5) is 0. The van der Waals surface area contributed by atoms with Gasteiger partial charge in [0.25, 0.3) is 0 Å². The summed E-state index contributed by atoms with van der Waals surface area (Å²) >= 11 is 0. The van der Waals surface area contributed by atoms with Crippen LogP contribution >= 0.6 is 0 Å². The SMILES string of the molecule is c1cc(-c2c3ccccc3c(-c3ccc(-c4ccc(-c5c6ccccc6c(-c6ccc7oc8ccccc8c7c6)c6ccccc56)cc4)c4ccccc34)c3ccccc23)cc(-c2cccc3c2oc2ccccc23)c1. The van der Waals surface area contributed by atoms with E-state index >= 15 is 0 Å². The highest BCUT2D eigenvalue weighted by Gasteiger charge is 2.22. The second-order valence-electron chi connectivity index (χ2n) is 20.1. The van der Waals surface area contributed by atoms with Crippen molar-refractivity contribution in [3.63, 3.8) is 0 Å². The molecular formula is C74H44O2. The van der Waals surface area contributed by atoms with Crippen LogP contribution in [0.15, 0.2) is 276 Å². The molecule has 0 radical (unpaired) electrons. The van der Waals surface area contributed by atoms with E-state index in [-0.39, 0.29) is 0 Å². The molecule has 0 aliphatic rings. The Morgan fingerprint density at radius 2 is 0.553 bits per heavy atom. The molecule has 0 fully saturated rings. The zero-order chi connectivity index (χ0) is 49.8. The molecule has 0 unspecified atom stereocenters. The zero-order valence-corrected chi connectivity index (χ0v) is 41.2. The van der Waals surface area contributed by atoms with Crippen molar-refractivity contribution < 1.29 is 8.83 Å². The number of furan rings is 2. The summed E-state index contributed by atoms with van der Waals surface area (Å²) < 4.78 is 12.8. The van der Waals surface area contributed by atoms with Gasteiger partial charge in [0.15, 0.2) is 0 Å². The first-order chi connectivity index (χ1) is 37.7. The van der Waals surface area contributed by atoms with Crippen LogP contribution in [-0.4, -0.2) is 0 Å². The van der Waals surface area contributed by atoms with Crippen molar-refractivity contribution in [2.45, 2.75) is 0 Å². The number of fused-ring (bicyclic) bond motifs is 11. The van der Waals surface area contributed by atoms with Gasteiger partial charge < -0.3 is 8.83 Å². The Labute approximate surface area is 437 Å². The fourth-order valence-electron chi connectivity index (χ4n) is 12.8. The van der Waals surface area contributed by atoms with E-state index in [0.29, 0.717) is 0 Å². The van der Waals surface area contributed by atoms with Crippen LogP contribution in [0.1, 0.15) is 0 Å². The summed E-state index contributed by atoms with van der Waals surface area (Å²) in [6, 6.07) is 97.4.